The molecule has 1 fully saturated rings. The van der Waals surface area contributed by atoms with Crippen molar-refractivity contribution >= 4 is 16.9 Å². The predicted octanol–water partition coefficient (Wildman–Crippen LogP) is 3.10. The molecule has 1 aromatic carbocycles. The van der Waals surface area contributed by atoms with Gasteiger partial charge in [0.1, 0.15) is 5.58 Å². The largest absolute Gasteiger partial charge is 0.464 e. The number of carbonyl (C=O) groups excluding carboxylic acids is 1. The van der Waals surface area contributed by atoms with Crippen molar-refractivity contribution in [1.82, 2.24) is 5.32 Å². The summed E-state index contributed by atoms with van der Waals surface area (Å²) in [6, 6.07) is 4.62. The minimum atomic E-state index is 0.0866. The number of aryl methyl sites for hydroxylation is 2. The van der Waals surface area contributed by atoms with Gasteiger partial charge in [-0.15, -0.1) is 0 Å². The van der Waals surface area contributed by atoms with Crippen LogP contribution in [0.15, 0.2) is 22.8 Å². The van der Waals surface area contributed by atoms with Crippen LogP contribution in [0.4, 0.5) is 0 Å². The Morgan fingerprint density at radius 1 is 1.17 bits per heavy atom. The van der Waals surface area contributed by atoms with E-state index in [1.165, 1.54) is 30.4 Å². The van der Waals surface area contributed by atoms with E-state index in [0.717, 1.165) is 42.2 Å². The summed E-state index contributed by atoms with van der Waals surface area (Å²) >= 11 is 0. The first-order chi connectivity index (χ1) is 11.7. The smallest absolute Gasteiger partial charge is 0.224 e. The maximum absolute atomic E-state index is 12.5. The van der Waals surface area contributed by atoms with Gasteiger partial charge in [-0.2, -0.15) is 0 Å². The number of benzene rings is 1. The van der Waals surface area contributed by atoms with Crippen LogP contribution in [-0.4, -0.2) is 18.5 Å². The number of rotatable bonds is 4. The van der Waals surface area contributed by atoms with Gasteiger partial charge in [-0.25, -0.2) is 0 Å². The second kappa shape index (κ2) is 6.60. The topological polar surface area (TPSA) is 68.3 Å². The lowest BCUT2D eigenvalue weighted by molar-refractivity contribution is -0.121. The average Bonchev–Trinajstić information content (AvgIpc) is 3.20. The first-order valence-corrected chi connectivity index (χ1v) is 9.26. The zero-order chi connectivity index (χ0) is 16.5. The zero-order valence-corrected chi connectivity index (χ0v) is 14.1. The fourth-order valence-corrected chi connectivity index (χ4v) is 4.40. The van der Waals surface area contributed by atoms with Gasteiger partial charge < -0.3 is 15.5 Å². The van der Waals surface area contributed by atoms with Crippen LogP contribution in [0, 0.1) is 5.92 Å². The quantitative estimate of drug-likeness (QED) is 0.907. The lowest BCUT2D eigenvalue weighted by Crippen LogP contribution is -2.45. The van der Waals surface area contributed by atoms with E-state index >= 15 is 0 Å². The van der Waals surface area contributed by atoms with Gasteiger partial charge in [0.05, 0.1) is 12.7 Å². The Hall–Kier alpha value is -1.81. The van der Waals surface area contributed by atoms with Crippen LogP contribution in [0.25, 0.3) is 11.0 Å². The molecule has 4 rings (SSSR count). The van der Waals surface area contributed by atoms with Crippen molar-refractivity contribution in [3.63, 3.8) is 0 Å². The summed E-state index contributed by atoms with van der Waals surface area (Å²) in [5.74, 6) is 0.510. The number of fused-ring (bicyclic) bond motifs is 2. The summed E-state index contributed by atoms with van der Waals surface area (Å²) in [5.41, 5.74) is 10.6. The lowest BCUT2D eigenvalue weighted by atomic mass is 9.84. The standard InChI is InChI=1S/C20H26N2O2/c21-11-15-4-1-2-7-18(15)22-20(23)10-16-12-24-19-9-14-6-3-5-13(14)8-17(16)19/h8-9,12,15,18H,1-7,10-11,21H2,(H,22,23). The molecular formula is C20H26N2O2. The van der Waals surface area contributed by atoms with Crippen LogP contribution < -0.4 is 11.1 Å². The highest BCUT2D eigenvalue weighted by Gasteiger charge is 2.25. The zero-order valence-electron chi connectivity index (χ0n) is 14.1. The highest BCUT2D eigenvalue weighted by atomic mass is 16.3. The Morgan fingerprint density at radius 2 is 1.96 bits per heavy atom. The summed E-state index contributed by atoms with van der Waals surface area (Å²) in [4.78, 5) is 12.5. The minimum absolute atomic E-state index is 0.0866. The molecule has 24 heavy (non-hydrogen) atoms. The summed E-state index contributed by atoms with van der Waals surface area (Å²) in [7, 11) is 0. The van der Waals surface area contributed by atoms with Crippen LogP contribution in [0.3, 0.4) is 0 Å². The monoisotopic (exact) mass is 326 g/mol. The molecule has 0 spiro atoms. The summed E-state index contributed by atoms with van der Waals surface area (Å²) in [6.45, 7) is 0.658. The third kappa shape index (κ3) is 2.95. The van der Waals surface area contributed by atoms with Crippen molar-refractivity contribution in [2.45, 2.75) is 57.4 Å². The molecule has 4 nitrogen and oxygen atoms in total. The molecular weight excluding hydrogens is 300 g/mol. The SMILES string of the molecule is NCC1CCCCC1NC(=O)Cc1coc2cc3c(cc12)CCC3. The van der Waals surface area contributed by atoms with E-state index in [1.54, 1.807) is 6.26 Å². The Morgan fingerprint density at radius 3 is 2.79 bits per heavy atom. The van der Waals surface area contributed by atoms with Crippen LogP contribution >= 0.6 is 0 Å². The number of hydrogen-bond donors (Lipinski definition) is 2. The number of nitrogens with two attached hydrogens (primary N) is 1. The molecule has 0 saturated heterocycles. The van der Waals surface area contributed by atoms with Gasteiger partial charge in [0.2, 0.25) is 5.91 Å². The van der Waals surface area contributed by atoms with E-state index < -0.39 is 0 Å². The highest BCUT2D eigenvalue weighted by Crippen LogP contribution is 2.30. The maximum atomic E-state index is 12.5. The number of nitrogens with one attached hydrogen (secondary N) is 1. The number of hydrogen-bond acceptors (Lipinski definition) is 3. The van der Waals surface area contributed by atoms with Crippen molar-refractivity contribution in [3.05, 3.63) is 35.1 Å². The molecule has 2 aliphatic rings. The Labute approximate surface area is 142 Å². The third-order valence-electron chi connectivity index (χ3n) is 5.78. The maximum Gasteiger partial charge on any atom is 0.224 e. The second-order valence-corrected chi connectivity index (χ2v) is 7.36. The molecule has 0 radical (unpaired) electrons. The molecule has 0 aliphatic heterocycles. The van der Waals surface area contributed by atoms with Gasteiger partial charge in [-0.1, -0.05) is 12.8 Å². The first kappa shape index (κ1) is 15.7. The molecule has 1 aromatic heterocycles. The summed E-state index contributed by atoms with van der Waals surface area (Å²) in [5, 5.41) is 4.32. The molecule has 1 saturated carbocycles. The summed E-state index contributed by atoms with van der Waals surface area (Å²) < 4.78 is 5.71. The molecule has 2 aromatic rings. The Bertz CT molecular complexity index is 749. The molecule has 2 aliphatic carbocycles. The molecule has 2 atom stereocenters. The minimum Gasteiger partial charge on any atom is -0.464 e. The van der Waals surface area contributed by atoms with Gasteiger partial charge in [0.25, 0.3) is 0 Å². The van der Waals surface area contributed by atoms with Gasteiger partial charge in [-0.3, -0.25) is 4.79 Å². The van der Waals surface area contributed by atoms with E-state index in [2.05, 4.69) is 17.4 Å². The first-order valence-electron chi connectivity index (χ1n) is 9.26. The van der Waals surface area contributed by atoms with Crippen LogP contribution in [0.2, 0.25) is 0 Å². The van der Waals surface area contributed by atoms with Crippen molar-refractivity contribution in [2.24, 2.45) is 11.7 Å². The number of carbonyl (C=O) groups is 1. The van der Waals surface area contributed by atoms with Crippen LogP contribution in [0.1, 0.15) is 48.8 Å². The number of furan rings is 1. The fraction of sp³-hybridized carbons (Fsp3) is 0.550. The van der Waals surface area contributed by atoms with Crippen molar-refractivity contribution < 1.29 is 9.21 Å². The van der Waals surface area contributed by atoms with Crippen LogP contribution in [0.5, 0.6) is 0 Å². The summed E-state index contributed by atoms with van der Waals surface area (Å²) in [6.07, 6.45) is 10.2. The van der Waals surface area contributed by atoms with Crippen molar-refractivity contribution in [3.8, 4) is 0 Å². The van der Waals surface area contributed by atoms with Gasteiger partial charge in [-0.05, 0) is 67.8 Å². The van der Waals surface area contributed by atoms with Crippen LogP contribution in [-0.2, 0) is 24.1 Å². The Balaban J connectivity index is 1.48. The molecule has 4 heteroatoms. The van der Waals surface area contributed by atoms with Crippen molar-refractivity contribution in [1.29, 1.82) is 0 Å². The normalized spacial score (nSPS) is 23.4. The molecule has 0 bridgehead atoms. The Kier molecular flexibility index (Phi) is 4.31. The fourth-order valence-electron chi connectivity index (χ4n) is 4.40. The van der Waals surface area contributed by atoms with E-state index in [4.69, 9.17) is 10.2 Å². The average molecular weight is 326 g/mol. The lowest BCUT2D eigenvalue weighted by Gasteiger charge is -2.31. The third-order valence-corrected chi connectivity index (χ3v) is 5.78. The van der Waals surface area contributed by atoms with E-state index in [-0.39, 0.29) is 11.9 Å². The highest BCUT2D eigenvalue weighted by molar-refractivity contribution is 5.88. The molecule has 3 N–H and O–H groups in total. The molecule has 1 amide bonds. The van der Waals surface area contributed by atoms with Gasteiger partial charge >= 0.3 is 0 Å². The van der Waals surface area contributed by atoms with E-state index in [1.807, 2.05) is 0 Å². The van der Waals surface area contributed by atoms with E-state index in [9.17, 15) is 4.79 Å². The van der Waals surface area contributed by atoms with Gasteiger partial charge in [0.15, 0.2) is 0 Å². The predicted molar refractivity (Wildman–Crippen MR) is 94.9 cm³/mol. The number of amides is 1. The van der Waals surface area contributed by atoms with Gasteiger partial charge in [0, 0.05) is 17.0 Å². The van der Waals surface area contributed by atoms with E-state index in [0.29, 0.717) is 18.9 Å². The molecule has 2 unspecified atom stereocenters. The molecule has 1 heterocycles. The molecule has 128 valence electrons. The second-order valence-electron chi connectivity index (χ2n) is 7.36. The van der Waals surface area contributed by atoms with Crippen molar-refractivity contribution in [2.75, 3.05) is 6.54 Å².